The molecule has 0 aliphatic rings. The average molecular weight is 239 g/mol. The van der Waals surface area contributed by atoms with Gasteiger partial charge in [0.2, 0.25) is 5.91 Å². The van der Waals surface area contributed by atoms with Crippen LogP contribution >= 0.6 is 11.6 Å². The summed E-state index contributed by atoms with van der Waals surface area (Å²) in [5.74, 6) is 0.484. The highest BCUT2D eigenvalue weighted by Gasteiger charge is 2.10. The average Bonchev–Trinajstić information content (AvgIpc) is 2.59. The molecule has 0 fully saturated rings. The zero-order valence-electron chi connectivity index (χ0n) is 8.71. The monoisotopic (exact) mass is 238 g/mol. The van der Waals surface area contributed by atoms with Crippen LogP contribution in [0.4, 0.5) is 5.69 Å². The van der Waals surface area contributed by atoms with Crippen molar-refractivity contribution >= 4 is 34.2 Å². The van der Waals surface area contributed by atoms with Crippen LogP contribution in [-0.4, -0.2) is 5.91 Å². The normalized spacial score (nSPS) is 10.7. The first kappa shape index (κ1) is 11.0. The van der Waals surface area contributed by atoms with Gasteiger partial charge >= 0.3 is 0 Å². The molecule has 1 amide bonds. The van der Waals surface area contributed by atoms with E-state index < -0.39 is 0 Å². The highest BCUT2D eigenvalue weighted by molar-refractivity contribution is 6.32. The minimum atomic E-state index is -0.172. The van der Waals surface area contributed by atoms with Gasteiger partial charge in [0, 0.05) is 17.3 Å². The van der Waals surface area contributed by atoms with Gasteiger partial charge in [-0.3, -0.25) is 4.79 Å². The highest BCUT2D eigenvalue weighted by atomic mass is 35.5. The molecule has 2 aromatic rings. The van der Waals surface area contributed by atoms with Gasteiger partial charge in [-0.25, -0.2) is 0 Å². The van der Waals surface area contributed by atoms with Crippen molar-refractivity contribution in [3.05, 3.63) is 29.0 Å². The van der Waals surface area contributed by atoms with E-state index in [2.05, 4.69) is 5.32 Å². The number of anilines is 1. The summed E-state index contributed by atoms with van der Waals surface area (Å²) in [6.45, 7) is 1.74. The molecule has 0 bridgehead atoms. The summed E-state index contributed by atoms with van der Waals surface area (Å²) < 4.78 is 5.51. The number of amides is 1. The second kappa shape index (κ2) is 4.15. The molecule has 0 unspecified atom stereocenters. The fourth-order valence-corrected chi connectivity index (χ4v) is 1.78. The topological polar surface area (TPSA) is 68.3 Å². The van der Waals surface area contributed by atoms with Crippen LogP contribution in [0.3, 0.4) is 0 Å². The molecule has 0 spiro atoms. The van der Waals surface area contributed by atoms with Crippen LogP contribution in [0.1, 0.15) is 12.7 Å². The molecule has 1 heterocycles. The molecule has 3 N–H and O–H groups in total. The minimum Gasteiger partial charge on any atom is -0.458 e. The van der Waals surface area contributed by atoms with E-state index in [-0.39, 0.29) is 5.91 Å². The lowest BCUT2D eigenvalue weighted by Gasteiger charge is -2.03. The lowest BCUT2D eigenvalue weighted by molar-refractivity contribution is -0.114. The fraction of sp³-hybridized carbons (Fsp3) is 0.182. The summed E-state index contributed by atoms with van der Waals surface area (Å²) in [5, 5.41) is 4.04. The first-order chi connectivity index (χ1) is 7.60. The van der Waals surface area contributed by atoms with Crippen LogP contribution < -0.4 is 11.1 Å². The first-order valence-electron chi connectivity index (χ1n) is 4.80. The van der Waals surface area contributed by atoms with Crippen molar-refractivity contribution in [2.24, 2.45) is 5.73 Å². The Labute approximate surface area is 97.4 Å². The highest BCUT2D eigenvalue weighted by Crippen LogP contribution is 2.30. The number of nitrogens with two attached hydrogens (primary N) is 1. The number of carbonyl (C=O) groups is 1. The van der Waals surface area contributed by atoms with Crippen molar-refractivity contribution in [2.75, 3.05) is 5.32 Å². The number of hydrogen-bond acceptors (Lipinski definition) is 3. The third-order valence-corrected chi connectivity index (χ3v) is 2.36. The van der Waals surface area contributed by atoms with Gasteiger partial charge in [0.05, 0.1) is 12.2 Å². The van der Waals surface area contributed by atoms with Crippen LogP contribution in [0.15, 0.2) is 22.6 Å². The van der Waals surface area contributed by atoms with Gasteiger partial charge < -0.3 is 15.5 Å². The Morgan fingerprint density at radius 1 is 1.50 bits per heavy atom. The molecule has 84 valence electrons. The lowest BCUT2D eigenvalue weighted by atomic mass is 10.2. The summed E-state index contributed by atoms with van der Waals surface area (Å²) in [5.41, 5.74) is 6.65. The van der Waals surface area contributed by atoms with Gasteiger partial charge in [0.25, 0.3) is 0 Å². The molecule has 0 saturated carbocycles. The van der Waals surface area contributed by atoms with Crippen molar-refractivity contribution in [1.82, 2.24) is 0 Å². The number of nitrogens with one attached hydrogen (secondary N) is 1. The minimum absolute atomic E-state index is 0.172. The zero-order valence-corrected chi connectivity index (χ0v) is 9.47. The van der Waals surface area contributed by atoms with Crippen LogP contribution in [0.25, 0.3) is 11.0 Å². The molecule has 5 heteroatoms. The molecule has 4 nitrogen and oxygen atoms in total. The molecule has 0 atom stereocenters. The summed E-state index contributed by atoms with van der Waals surface area (Å²) >= 11 is 5.94. The standard InChI is InChI=1S/C11H11ClN2O2/c1-6(15)14-10-4-8(12)2-7-3-9(5-13)16-11(7)10/h2-4H,5,13H2,1H3,(H,14,15). The van der Waals surface area contributed by atoms with Crippen molar-refractivity contribution < 1.29 is 9.21 Å². The van der Waals surface area contributed by atoms with Gasteiger partial charge in [0.1, 0.15) is 5.76 Å². The third-order valence-electron chi connectivity index (χ3n) is 2.14. The molecule has 0 saturated heterocycles. The second-order valence-electron chi connectivity index (χ2n) is 3.47. The van der Waals surface area contributed by atoms with Gasteiger partial charge in [-0.1, -0.05) is 11.6 Å². The Balaban J connectivity index is 2.61. The van der Waals surface area contributed by atoms with Crippen LogP contribution in [-0.2, 0) is 11.3 Å². The van der Waals surface area contributed by atoms with E-state index in [0.29, 0.717) is 28.6 Å². The van der Waals surface area contributed by atoms with Crippen LogP contribution in [0.2, 0.25) is 5.02 Å². The quantitative estimate of drug-likeness (QED) is 0.845. The second-order valence-corrected chi connectivity index (χ2v) is 3.91. The maximum atomic E-state index is 11.0. The van der Waals surface area contributed by atoms with Crippen molar-refractivity contribution in [3.63, 3.8) is 0 Å². The van der Waals surface area contributed by atoms with E-state index in [9.17, 15) is 4.79 Å². The summed E-state index contributed by atoms with van der Waals surface area (Å²) in [7, 11) is 0. The molecular formula is C11H11ClN2O2. The van der Waals surface area contributed by atoms with E-state index in [1.54, 1.807) is 12.1 Å². The third kappa shape index (κ3) is 2.03. The molecule has 1 aromatic carbocycles. The van der Waals surface area contributed by atoms with Gasteiger partial charge in [-0.2, -0.15) is 0 Å². The molecule has 16 heavy (non-hydrogen) atoms. The van der Waals surface area contributed by atoms with E-state index in [1.807, 2.05) is 6.07 Å². The summed E-state index contributed by atoms with van der Waals surface area (Å²) in [4.78, 5) is 11.0. The Morgan fingerprint density at radius 3 is 2.88 bits per heavy atom. The SMILES string of the molecule is CC(=O)Nc1cc(Cl)cc2cc(CN)oc12. The van der Waals surface area contributed by atoms with Crippen molar-refractivity contribution in [2.45, 2.75) is 13.5 Å². The van der Waals surface area contributed by atoms with Crippen molar-refractivity contribution in [1.29, 1.82) is 0 Å². The molecular weight excluding hydrogens is 228 g/mol. The van der Waals surface area contributed by atoms with Crippen LogP contribution in [0, 0.1) is 0 Å². The number of hydrogen-bond donors (Lipinski definition) is 2. The molecule has 0 radical (unpaired) electrons. The Hall–Kier alpha value is -1.52. The predicted octanol–water partition coefficient (Wildman–Crippen LogP) is 2.50. The predicted molar refractivity (Wildman–Crippen MR) is 63.4 cm³/mol. The largest absolute Gasteiger partial charge is 0.458 e. The zero-order chi connectivity index (χ0) is 11.7. The van der Waals surface area contributed by atoms with Crippen LogP contribution in [0.5, 0.6) is 0 Å². The van der Waals surface area contributed by atoms with E-state index in [1.165, 1.54) is 6.92 Å². The van der Waals surface area contributed by atoms with Gasteiger partial charge in [-0.05, 0) is 18.2 Å². The molecule has 0 aliphatic heterocycles. The lowest BCUT2D eigenvalue weighted by Crippen LogP contribution is -2.05. The Morgan fingerprint density at radius 2 is 2.25 bits per heavy atom. The number of benzene rings is 1. The number of furan rings is 1. The summed E-state index contributed by atoms with van der Waals surface area (Å²) in [6, 6.07) is 5.23. The number of rotatable bonds is 2. The van der Waals surface area contributed by atoms with Gasteiger partial charge in [0.15, 0.2) is 5.58 Å². The molecule has 0 aliphatic carbocycles. The maximum absolute atomic E-state index is 11.0. The first-order valence-corrected chi connectivity index (χ1v) is 5.17. The van der Waals surface area contributed by atoms with E-state index >= 15 is 0 Å². The summed E-state index contributed by atoms with van der Waals surface area (Å²) in [6.07, 6.45) is 0. The molecule has 1 aromatic heterocycles. The maximum Gasteiger partial charge on any atom is 0.221 e. The number of carbonyl (C=O) groups excluding carboxylic acids is 1. The van der Waals surface area contributed by atoms with E-state index in [0.717, 1.165) is 5.39 Å². The fourth-order valence-electron chi connectivity index (χ4n) is 1.55. The van der Waals surface area contributed by atoms with E-state index in [4.69, 9.17) is 21.8 Å². The van der Waals surface area contributed by atoms with Crippen molar-refractivity contribution in [3.8, 4) is 0 Å². The Bertz CT molecular complexity index is 548. The number of halogens is 1. The number of fused-ring (bicyclic) bond motifs is 1. The smallest absolute Gasteiger partial charge is 0.221 e. The molecule has 2 rings (SSSR count). The van der Waals surface area contributed by atoms with Gasteiger partial charge in [-0.15, -0.1) is 0 Å². The Kier molecular flexibility index (Phi) is 2.85.